The first-order chi connectivity index (χ1) is 7.09. The van der Waals surface area contributed by atoms with Gasteiger partial charge in [0.05, 0.1) is 6.04 Å². The van der Waals surface area contributed by atoms with Crippen molar-refractivity contribution < 1.29 is 0 Å². The second kappa shape index (κ2) is 4.72. The molecule has 1 saturated heterocycles. The van der Waals surface area contributed by atoms with Crippen LogP contribution in [0.3, 0.4) is 0 Å². The fraction of sp³-hybridized carbons (Fsp3) is 0.600. The fourth-order valence-corrected chi connectivity index (χ4v) is 4.12. The van der Waals surface area contributed by atoms with Crippen LogP contribution in [0.15, 0.2) is 10.5 Å². The van der Waals surface area contributed by atoms with E-state index in [-0.39, 0.29) is 6.04 Å². The molecule has 0 bridgehead atoms. The molecule has 84 valence electrons. The van der Waals surface area contributed by atoms with Crippen LogP contribution in [-0.4, -0.2) is 24.5 Å². The molecule has 0 amide bonds. The maximum Gasteiger partial charge on any atom is 0.107 e. The highest BCUT2D eigenvalue weighted by Gasteiger charge is 2.29. The summed E-state index contributed by atoms with van der Waals surface area (Å²) in [5.74, 6) is 0. The molecule has 2 heterocycles. The van der Waals surface area contributed by atoms with E-state index in [9.17, 15) is 0 Å². The third-order valence-electron chi connectivity index (χ3n) is 2.88. The van der Waals surface area contributed by atoms with E-state index in [2.05, 4.69) is 33.9 Å². The van der Waals surface area contributed by atoms with Gasteiger partial charge in [0.25, 0.3) is 0 Å². The maximum absolute atomic E-state index is 6.17. The van der Waals surface area contributed by atoms with Crippen molar-refractivity contribution in [2.24, 2.45) is 5.73 Å². The molecule has 15 heavy (non-hydrogen) atoms. The molecule has 1 aromatic rings. The lowest BCUT2D eigenvalue weighted by atomic mass is 9.96. The monoisotopic (exact) mass is 308 g/mol. The zero-order chi connectivity index (χ0) is 11.0. The lowest BCUT2D eigenvalue weighted by Crippen LogP contribution is -2.43. The molecule has 5 heteroatoms. The number of likely N-dealkylation sites (tertiary alicyclic amines) is 1. The highest BCUT2D eigenvalue weighted by molar-refractivity contribution is 9.10. The molecule has 2 unspecified atom stereocenters. The number of thiophene rings is 1. The van der Waals surface area contributed by atoms with Gasteiger partial charge in [0, 0.05) is 15.4 Å². The predicted octanol–water partition coefficient (Wildman–Crippen LogP) is 3.26. The summed E-state index contributed by atoms with van der Waals surface area (Å²) in [4.78, 5) is 3.59. The summed E-state index contributed by atoms with van der Waals surface area (Å²) < 4.78 is 1.80. The zero-order valence-electron chi connectivity index (χ0n) is 8.54. The first kappa shape index (κ1) is 11.9. The Morgan fingerprint density at radius 3 is 2.93 bits per heavy atom. The first-order valence-electron chi connectivity index (χ1n) is 5.00. The van der Waals surface area contributed by atoms with Gasteiger partial charge in [-0.2, -0.15) is 0 Å². The Morgan fingerprint density at radius 1 is 1.67 bits per heavy atom. The number of hydrogen-bond donors (Lipinski definition) is 1. The molecule has 1 fully saturated rings. The van der Waals surface area contributed by atoms with Crippen LogP contribution in [0, 0.1) is 0 Å². The maximum atomic E-state index is 6.17. The molecule has 0 saturated carbocycles. The molecule has 2 atom stereocenters. The summed E-state index contributed by atoms with van der Waals surface area (Å²) in [6.45, 7) is 1.12. The van der Waals surface area contributed by atoms with Crippen LogP contribution in [0.1, 0.15) is 23.8 Å². The van der Waals surface area contributed by atoms with Gasteiger partial charge in [-0.05, 0) is 48.4 Å². The number of likely N-dealkylation sites (N-methyl/N-ethyl adjacent to an activating group) is 1. The highest BCUT2D eigenvalue weighted by atomic mass is 79.9. The number of piperidine rings is 1. The topological polar surface area (TPSA) is 29.3 Å². The average Bonchev–Trinajstić information content (AvgIpc) is 2.46. The fourth-order valence-electron chi connectivity index (χ4n) is 2.14. The van der Waals surface area contributed by atoms with Crippen molar-refractivity contribution in [1.82, 2.24) is 4.90 Å². The number of rotatable bonds is 1. The van der Waals surface area contributed by atoms with Gasteiger partial charge in [-0.15, -0.1) is 11.3 Å². The highest BCUT2D eigenvalue weighted by Crippen LogP contribution is 2.39. The first-order valence-corrected chi connectivity index (χ1v) is 6.99. The molecular weight excluding hydrogens is 296 g/mol. The van der Waals surface area contributed by atoms with Gasteiger partial charge in [0.1, 0.15) is 4.34 Å². The molecule has 0 aromatic carbocycles. The SMILES string of the molecule is CN1CCCC(N)C1c1cc(Br)c(Cl)s1. The van der Waals surface area contributed by atoms with E-state index in [1.165, 1.54) is 11.3 Å². The molecule has 1 aliphatic rings. The Labute approximate surface area is 108 Å². The van der Waals surface area contributed by atoms with Crippen LogP contribution < -0.4 is 5.73 Å². The number of halogens is 2. The summed E-state index contributed by atoms with van der Waals surface area (Å²) in [6.07, 6.45) is 2.29. The molecule has 0 radical (unpaired) electrons. The lowest BCUT2D eigenvalue weighted by Gasteiger charge is -2.36. The number of nitrogens with two attached hydrogens (primary N) is 1. The Balaban J connectivity index is 2.27. The van der Waals surface area contributed by atoms with Crippen LogP contribution in [-0.2, 0) is 0 Å². The summed E-state index contributed by atoms with van der Waals surface area (Å²) in [7, 11) is 2.13. The standard InChI is InChI=1S/C10H14BrClN2S/c1-14-4-2-3-7(13)9(14)8-5-6(11)10(12)15-8/h5,7,9H,2-4,13H2,1H3. The minimum atomic E-state index is 0.227. The van der Waals surface area contributed by atoms with Gasteiger partial charge >= 0.3 is 0 Å². The molecule has 2 nitrogen and oxygen atoms in total. The Morgan fingerprint density at radius 2 is 2.40 bits per heavy atom. The van der Waals surface area contributed by atoms with Crippen LogP contribution in [0.5, 0.6) is 0 Å². The average molecular weight is 310 g/mol. The third-order valence-corrected chi connectivity index (χ3v) is 5.43. The van der Waals surface area contributed by atoms with Crippen molar-refractivity contribution >= 4 is 38.9 Å². The van der Waals surface area contributed by atoms with Crippen molar-refractivity contribution in [2.45, 2.75) is 24.9 Å². The Bertz CT molecular complexity index is 326. The minimum absolute atomic E-state index is 0.227. The zero-order valence-corrected chi connectivity index (χ0v) is 11.7. The quantitative estimate of drug-likeness (QED) is 0.863. The van der Waals surface area contributed by atoms with Gasteiger partial charge in [-0.1, -0.05) is 11.6 Å². The van der Waals surface area contributed by atoms with Gasteiger partial charge in [0.2, 0.25) is 0 Å². The van der Waals surface area contributed by atoms with E-state index < -0.39 is 0 Å². The van der Waals surface area contributed by atoms with Crippen LogP contribution in [0.25, 0.3) is 0 Å². The van der Waals surface area contributed by atoms with E-state index in [0.29, 0.717) is 6.04 Å². The summed E-state index contributed by atoms with van der Waals surface area (Å²) in [6, 6.07) is 2.65. The lowest BCUT2D eigenvalue weighted by molar-refractivity contribution is 0.166. The van der Waals surface area contributed by atoms with Gasteiger partial charge in [-0.25, -0.2) is 0 Å². The molecule has 1 aliphatic heterocycles. The normalized spacial score (nSPS) is 28.3. The molecule has 2 N–H and O–H groups in total. The largest absolute Gasteiger partial charge is 0.326 e. The van der Waals surface area contributed by atoms with E-state index >= 15 is 0 Å². The van der Waals surface area contributed by atoms with Crippen LogP contribution in [0.2, 0.25) is 4.34 Å². The minimum Gasteiger partial charge on any atom is -0.326 e. The van der Waals surface area contributed by atoms with Crippen molar-refractivity contribution in [2.75, 3.05) is 13.6 Å². The van der Waals surface area contributed by atoms with Gasteiger partial charge in [0.15, 0.2) is 0 Å². The third kappa shape index (κ3) is 2.39. The molecule has 1 aromatic heterocycles. The summed E-state index contributed by atoms with van der Waals surface area (Å²) in [5, 5.41) is 0. The molecule has 0 spiro atoms. The van der Waals surface area contributed by atoms with Crippen molar-refractivity contribution in [3.8, 4) is 0 Å². The van der Waals surface area contributed by atoms with Crippen LogP contribution >= 0.6 is 38.9 Å². The van der Waals surface area contributed by atoms with Gasteiger partial charge < -0.3 is 5.73 Å². The number of hydrogen-bond acceptors (Lipinski definition) is 3. The van der Waals surface area contributed by atoms with E-state index in [0.717, 1.165) is 21.8 Å². The van der Waals surface area contributed by atoms with E-state index in [1.807, 2.05) is 0 Å². The Kier molecular flexibility index (Phi) is 3.73. The molecular formula is C10H14BrClN2S. The summed E-state index contributed by atoms with van der Waals surface area (Å²) in [5.41, 5.74) is 6.17. The van der Waals surface area contributed by atoms with E-state index in [4.69, 9.17) is 17.3 Å². The Hall–Kier alpha value is 0.390. The van der Waals surface area contributed by atoms with Gasteiger partial charge in [-0.3, -0.25) is 4.90 Å². The number of nitrogens with zero attached hydrogens (tertiary/aromatic N) is 1. The molecule has 2 rings (SSSR count). The van der Waals surface area contributed by atoms with Crippen molar-refractivity contribution in [1.29, 1.82) is 0 Å². The smallest absolute Gasteiger partial charge is 0.107 e. The van der Waals surface area contributed by atoms with Crippen molar-refractivity contribution in [3.63, 3.8) is 0 Å². The van der Waals surface area contributed by atoms with E-state index in [1.54, 1.807) is 11.3 Å². The second-order valence-electron chi connectivity index (χ2n) is 4.00. The van der Waals surface area contributed by atoms with Crippen LogP contribution in [0.4, 0.5) is 0 Å². The summed E-state index contributed by atoms with van der Waals surface area (Å²) >= 11 is 11.1. The predicted molar refractivity (Wildman–Crippen MR) is 69.6 cm³/mol. The second-order valence-corrected chi connectivity index (χ2v) is 6.54. The van der Waals surface area contributed by atoms with Crippen molar-refractivity contribution in [3.05, 3.63) is 19.8 Å². The molecule has 0 aliphatic carbocycles.